The number of thiazole rings is 1. The van der Waals surface area contributed by atoms with E-state index in [9.17, 15) is 4.79 Å². The number of pyridine rings is 1. The van der Waals surface area contributed by atoms with Crippen LogP contribution < -0.4 is 15.6 Å². The van der Waals surface area contributed by atoms with E-state index >= 15 is 0 Å². The summed E-state index contributed by atoms with van der Waals surface area (Å²) < 4.78 is 5.34. The monoisotopic (exact) mass is 418 g/mol. The lowest BCUT2D eigenvalue weighted by Gasteiger charge is -2.08. The zero-order valence-corrected chi connectivity index (χ0v) is 16.9. The molecular formula is C21H18N6O2S. The molecule has 5 rings (SSSR count). The van der Waals surface area contributed by atoms with E-state index in [0.717, 1.165) is 27.9 Å². The van der Waals surface area contributed by atoms with Gasteiger partial charge in [-0.1, -0.05) is 0 Å². The molecule has 0 saturated carbocycles. The summed E-state index contributed by atoms with van der Waals surface area (Å²) in [7, 11) is 1.67. The summed E-state index contributed by atoms with van der Waals surface area (Å²) in [6.07, 6.45) is 4.38. The number of aromatic amines is 2. The Bertz CT molecular complexity index is 1400. The Morgan fingerprint density at radius 1 is 1.20 bits per heavy atom. The first-order chi connectivity index (χ1) is 14.7. The molecule has 0 amide bonds. The van der Waals surface area contributed by atoms with E-state index < -0.39 is 0 Å². The largest absolute Gasteiger partial charge is 0.497 e. The van der Waals surface area contributed by atoms with E-state index in [1.54, 1.807) is 30.9 Å². The molecule has 0 unspecified atom stereocenters. The molecule has 0 bridgehead atoms. The molecule has 5 aromatic rings. The second-order valence-electron chi connectivity index (χ2n) is 6.72. The molecule has 4 aromatic heterocycles. The summed E-state index contributed by atoms with van der Waals surface area (Å²) in [6.45, 7) is 0.651. The number of anilines is 1. The summed E-state index contributed by atoms with van der Waals surface area (Å²) in [6, 6.07) is 9.45. The summed E-state index contributed by atoms with van der Waals surface area (Å²) in [5.74, 6) is 1.83. The molecule has 9 heteroatoms. The number of hydrogen-bond donors (Lipinski definition) is 3. The average molecular weight is 418 g/mol. The topological polar surface area (TPSA) is 109 Å². The van der Waals surface area contributed by atoms with Gasteiger partial charge in [-0.3, -0.25) is 4.79 Å². The van der Waals surface area contributed by atoms with Crippen molar-refractivity contribution in [3.05, 3.63) is 64.2 Å². The van der Waals surface area contributed by atoms with Crippen LogP contribution in [0.4, 0.5) is 5.82 Å². The van der Waals surface area contributed by atoms with Crippen LogP contribution in [0.25, 0.3) is 32.6 Å². The smallest absolute Gasteiger partial charge is 0.259 e. The Balaban J connectivity index is 1.43. The van der Waals surface area contributed by atoms with Gasteiger partial charge in [0.05, 0.1) is 18.2 Å². The van der Waals surface area contributed by atoms with Gasteiger partial charge >= 0.3 is 0 Å². The minimum atomic E-state index is -0.222. The lowest BCUT2D eigenvalue weighted by atomic mass is 10.1. The molecule has 4 heterocycles. The fourth-order valence-corrected chi connectivity index (χ4v) is 4.07. The van der Waals surface area contributed by atoms with Crippen LogP contribution >= 0.6 is 11.3 Å². The maximum atomic E-state index is 12.2. The molecular weight excluding hydrogens is 400 g/mol. The second kappa shape index (κ2) is 7.60. The minimum absolute atomic E-state index is 0.222. The molecule has 0 fully saturated rings. The number of benzene rings is 1. The highest BCUT2D eigenvalue weighted by molar-refractivity contribution is 7.16. The van der Waals surface area contributed by atoms with Crippen LogP contribution in [0.2, 0.25) is 0 Å². The van der Waals surface area contributed by atoms with Crippen LogP contribution in [0.5, 0.6) is 5.75 Å². The molecule has 3 N–H and O–H groups in total. The number of ether oxygens (including phenoxy) is 1. The molecule has 1 aromatic carbocycles. The molecule has 0 aliphatic carbocycles. The molecule has 0 radical (unpaired) electrons. The van der Waals surface area contributed by atoms with Gasteiger partial charge in [0.25, 0.3) is 5.56 Å². The Labute approximate surface area is 175 Å². The first-order valence-corrected chi connectivity index (χ1v) is 10.3. The standard InChI is InChI=1S/C21H18N6O2S/c1-29-13-4-5-16-15(9-13)12(10-24-16)6-8-22-19-17-21(30-11-25-17)27-18(26-19)14-3-2-7-23-20(14)28/h2-5,7,9-11,24H,6,8H2,1H3,(H,23,28)(H,22,26,27). The zero-order chi connectivity index (χ0) is 20.5. The number of nitrogens with zero attached hydrogens (tertiary/aromatic N) is 3. The number of hydrogen-bond acceptors (Lipinski definition) is 7. The number of methoxy groups -OCH3 is 1. The molecule has 8 nitrogen and oxygen atoms in total. The number of fused-ring (bicyclic) bond motifs is 2. The molecule has 30 heavy (non-hydrogen) atoms. The first-order valence-electron chi connectivity index (χ1n) is 9.40. The second-order valence-corrected chi connectivity index (χ2v) is 7.55. The third kappa shape index (κ3) is 3.29. The summed E-state index contributed by atoms with van der Waals surface area (Å²) in [5.41, 5.74) is 4.89. The predicted octanol–water partition coefficient (Wildman–Crippen LogP) is 3.59. The van der Waals surface area contributed by atoms with Gasteiger partial charge in [-0.15, -0.1) is 11.3 Å². The van der Waals surface area contributed by atoms with Crippen LogP contribution in [-0.2, 0) is 6.42 Å². The SMILES string of the molecule is COc1ccc2[nH]cc(CCNc3nc(-c4ccc[nH]c4=O)nc4scnc34)c2c1. The minimum Gasteiger partial charge on any atom is -0.497 e. The molecule has 0 aliphatic rings. The van der Waals surface area contributed by atoms with Gasteiger partial charge < -0.3 is 20.0 Å². The summed E-state index contributed by atoms with van der Waals surface area (Å²) in [4.78, 5) is 32.4. The number of H-pyrrole nitrogens is 2. The van der Waals surface area contributed by atoms with Crippen LogP contribution in [-0.4, -0.2) is 38.6 Å². The van der Waals surface area contributed by atoms with E-state index in [-0.39, 0.29) is 5.56 Å². The van der Waals surface area contributed by atoms with Gasteiger partial charge in [-0.05, 0) is 42.3 Å². The summed E-state index contributed by atoms with van der Waals surface area (Å²) >= 11 is 1.42. The highest BCUT2D eigenvalue weighted by Crippen LogP contribution is 2.26. The van der Waals surface area contributed by atoms with Gasteiger partial charge in [-0.2, -0.15) is 0 Å². The van der Waals surface area contributed by atoms with Gasteiger partial charge in [0, 0.05) is 29.8 Å². The normalized spacial score (nSPS) is 11.2. The van der Waals surface area contributed by atoms with Crippen molar-refractivity contribution in [1.29, 1.82) is 0 Å². The summed E-state index contributed by atoms with van der Waals surface area (Å²) in [5, 5.41) is 4.50. The van der Waals surface area contributed by atoms with Crippen molar-refractivity contribution in [3.8, 4) is 17.1 Å². The third-order valence-electron chi connectivity index (χ3n) is 4.92. The number of rotatable bonds is 6. The molecule has 0 atom stereocenters. The number of nitrogens with one attached hydrogen (secondary N) is 3. The third-order valence-corrected chi connectivity index (χ3v) is 5.64. The lowest BCUT2D eigenvalue weighted by Crippen LogP contribution is -2.11. The fourth-order valence-electron chi connectivity index (χ4n) is 3.41. The van der Waals surface area contributed by atoms with E-state index in [0.29, 0.717) is 29.3 Å². The Morgan fingerprint density at radius 2 is 2.13 bits per heavy atom. The van der Waals surface area contributed by atoms with Crippen LogP contribution in [0.1, 0.15) is 5.56 Å². The van der Waals surface area contributed by atoms with Crippen LogP contribution in [0, 0.1) is 0 Å². The molecule has 0 aliphatic heterocycles. The van der Waals surface area contributed by atoms with Crippen LogP contribution in [0.15, 0.2) is 53.0 Å². The van der Waals surface area contributed by atoms with E-state index in [1.807, 2.05) is 24.4 Å². The van der Waals surface area contributed by atoms with E-state index in [4.69, 9.17) is 4.74 Å². The van der Waals surface area contributed by atoms with Gasteiger partial charge in [0.15, 0.2) is 11.6 Å². The van der Waals surface area contributed by atoms with Crippen molar-refractivity contribution in [1.82, 2.24) is 24.9 Å². The Morgan fingerprint density at radius 3 is 3.00 bits per heavy atom. The van der Waals surface area contributed by atoms with E-state index in [1.165, 1.54) is 16.9 Å². The number of aromatic nitrogens is 5. The van der Waals surface area contributed by atoms with Crippen molar-refractivity contribution in [3.63, 3.8) is 0 Å². The molecule has 150 valence electrons. The predicted molar refractivity (Wildman–Crippen MR) is 118 cm³/mol. The average Bonchev–Trinajstić information content (AvgIpc) is 3.40. The molecule has 0 spiro atoms. The van der Waals surface area contributed by atoms with Crippen LogP contribution in [0.3, 0.4) is 0 Å². The first kappa shape index (κ1) is 18.3. The van der Waals surface area contributed by atoms with Gasteiger partial charge in [0.1, 0.15) is 16.1 Å². The van der Waals surface area contributed by atoms with Crippen molar-refractivity contribution in [2.45, 2.75) is 6.42 Å². The van der Waals surface area contributed by atoms with Crippen molar-refractivity contribution >= 4 is 38.4 Å². The lowest BCUT2D eigenvalue weighted by molar-refractivity contribution is 0.415. The van der Waals surface area contributed by atoms with Crippen molar-refractivity contribution in [2.24, 2.45) is 0 Å². The maximum Gasteiger partial charge on any atom is 0.259 e. The quantitative estimate of drug-likeness (QED) is 0.389. The Kier molecular flexibility index (Phi) is 4.64. The van der Waals surface area contributed by atoms with Gasteiger partial charge in [-0.25, -0.2) is 15.0 Å². The zero-order valence-electron chi connectivity index (χ0n) is 16.1. The Hall–Kier alpha value is -3.72. The highest BCUT2D eigenvalue weighted by atomic mass is 32.1. The maximum absolute atomic E-state index is 12.2. The highest BCUT2D eigenvalue weighted by Gasteiger charge is 2.14. The van der Waals surface area contributed by atoms with Crippen molar-refractivity contribution in [2.75, 3.05) is 19.0 Å². The van der Waals surface area contributed by atoms with Gasteiger partial charge in [0.2, 0.25) is 0 Å². The fraction of sp³-hybridized carbons (Fsp3) is 0.143. The molecule has 0 saturated heterocycles. The van der Waals surface area contributed by atoms with Crippen molar-refractivity contribution < 1.29 is 4.74 Å². The van der Waals surface area contributed by atoms with E-state index in [2.05, 4.69) is 30.2 Å².